The van der Waals surface area contributed by atoms with Crippen molar-refractivity contribution in [3.63, 3.8) is 0 Å². The minimum Gasteiger partial charge on any atom is -0.465 e. The Morgan fingerprint density at radius 1 is 1.18 bits per heavy atom. The summed E-state index contributed by atoms with van der Waals surface area (Å²) in [6.45, 7) is 0.243. The average molecular weight is 299 g/mol. The minimum atomic E-state index is -1.23. The van der Waals surface area contributed by atoms with Gasteiger partial charge in [-0.15, -0.1) is 0 Å². The van der Waals surface area contributed by atoms with Crippen molar-refractivity contribution < 1.29 is 19.1 Å². The maximum atomic E-state index is 12.3. The van der Waals surface area contributed by atoms with Crippen LogP contribution in [0, 0.1) is 0 Å². The molecule has 0 saturated carbocycles. The number of esters is 1. The zero-order valence-corrected chi connectivity index (χ0v) is 11.6. The smallest absolute Gasteiger partial charge is 0.326 e. The molecule has 1 aromatic carbocycles. The van der Waals surface area contributed by atoms with Gasteiger partial charge >= 0.3 is 5.97 Å². The summed E-state index contributed by atoms with van der Waals surface area (Å²) < 4.78 is 5.03. The molecule has 112 valence electrons. The van der Waals surface area contributed by atoms with E-state index in [9.17, 15) is 14.4 Å². The first-order valence-electron chi connectivity index (χ1n) is 7.10. The lowest BCUT2D eigenvalue weighted by Gasteiger charge is -2.17. The molecule has 1 aromatic rings. The second-order valence-electron chi connectivity index (χ2n) is 5.60. The van der Waals surface area contributed by atoms with Crippen LogP contribution in [0.3, 0.4) is 0 Å². The van der Waals surface area contributed by atoms with E-state index in [1.807, 2.05) is 6.07 Å². The Hall–Kier alpha value is -2.70. The zero-order valence-electron chi connectivity index (χ0n) is 11.6. The third-order valence-corrected chi connectivity index (χ3v) is 4.41. The summed E-state index contributed by atoms with van der Waals surface area (Å²) in [5.74, 6) is -0.946. The molecule has 0 aromatic heterocycles. The van der Waals surface area contributed by atoms with Crippen molar-refractivity contribution in [3.8, 4) is 0 Å². The Bertz CT molecular complexity index is 755. The first-order valence-corrected chi connectivity index (χ1v) is 7.10. The summed E-state index contributed by atoms with van der Waals surface area (Å²) in [4.78, 5) is 35.6. The van der Waals surface area contributed by atoms with Crippen LogP contribution in [0.25, 0.3) is 0 Å². The normalized spacial score (nSPS) is 26.4. The Labute approximate surface area is 125 Å². The lowest BCUT2D eigenvalue weighted by molar-refractivity contribution is -0.145. The van der Waals surface area contributed by atoms with E-state index >= 15 is 0 Å². The van der Waals surface area contributed by atoms with E-state index in [2.05, 4.69) is 15.8 Å². The summed E-state index contributed by atoms with van der Waals surface area (Å²) in [5, 5.41) is 6.80. The van der Waals surface area contributed by atoms with Crippen molar-refractivity contribution in [2.45, 2.75) is 24.7 Å². The number of hydrogen-bond donors (Lipinski definition) is 2. The van der Waals surface area contributed by atoms with Gasteiger partial charge in [-0.2, -0.15) is 5.10 Å². The number of carbonyl (C=O) groups is 3. The van der Waals surface area contributed by atoms with E-state index in [0.29, 0.717) is 30.5 Å². The summed E-state index contributed by atoms with van der Waals surface area (Å²) in [6, 6.07) is 5.40. The number of amides is 2. The second-order valence-corrected chi connectivity index (χ2v) is 5.60. The highest BCUT2D eigenvalue weighted by Crippen LogP contribution is 2.44. The molecule has 7 nitrogen and oxygen atoms in total. The van der Waals surface area contributed by atoms with Gasteiger partial charge in [0.25, 0.3) is 0 Å². The highest BCUT2D eigenvalue weighted by molar-refractivity contribution is 6.20. The largest absolute Gasteiger partial charge is 0.465 e. The molecule has 3 heterocycles. The molecular formula is C15H13N3O4. The number of cyclic esters (lactones) is 1. The summed E-state index contributed by atoms with van der Waals surface area (Å²) >= 11 is 0. The SMILES string of the molecule is O=C1CCC(c2ccc3c(c2)C2(CCOC2=O)C(=O)N3)=NN1. The Morgan fingerprint density at radius 2 is 2.05 bits per heavy atom. The fraction of sp³-hybridized carbons (Fsp3) is 0.333. The van der Waals surface area contributed by atoms with Gasteiger partial charge in [0.15, 0.2) is 5.41 Å². The van der Waals surface area contributed by atoms with Crippen LogP contribution < -0.4 is 10.7 Å². The van der Waals surface area contributed by atoms with Crippen LogP contribution in [-0.2, 0) is 24.5 Å². The predicted octanol–water partition coefficient (Wildman–Crippen LogP) is 0.437. The molecule has 4 rings (SSSR count). The summed E-state index contributed by atoms with van der Waals surface area (Å²) in [7, 11) is 0. The standard InChI is InChI=1S/C15H13N3O4/c19-12-4-3-10(17-18-12)8-1-2-11-9(7-8)15(13(20)16-11)5-6-22-14(15)21/h1-2,7H,3-6H2,(H,16,20)(H,18,19). The van der Waals surface area contributed by atoms with Gasteiger partial charge in [-0.05, 0) is 17.7 Å². The number of nitrogens with one attached hydrogen (secondary N) is 2. The fourth-order valence-corrected chi connectivity index (χ4v) is 3.19. The van der Waals surface area contributed by atoms with E-state index in [1.54, 1.807) is 12.1 Å². The molecular weight excluding hydrogens is 286 g/mol. The number of rotatable bonds is 1. The number of ether oxygens (including phenoxy) is 1. The molecule has 1 spiro atoms. The van der Waals surface area contributed by atoms with Gasteiger partial charge in [-0.3, -0.25) is 14.4 Å². The Kier molecular flexibility index (Phi) is 2.60. The number of carbonyl (C=O) groups excluding carboxylic acids is 3. The molecule has 1 atom stereocenters. The predicted molar refractivity (Wildman–Crippen MR) is 76.2 cm³/mol. The molecule has 2 N–H and O–H groups in total. The van der Waals surface area contributed by atoms with Crippen molar-refractivity contribution in [3.05, 3.63) is 29.3 Å². The summed E-state index contributed by atoms with van der Waals surface area (Å²) in [6.07, 6.45) is 1.25. The average Bonchev–Trinajstić information content (AvgIpc) is 3.03. The summed E-state index contributed by atoms with van der Waals surface area (Å²) in [5.41, 5.74) is 4.03. The van der Waals surface area contributed by atoms with Crippen LogP contribution in [0.1, 0.15) is 30.4 Å². The van der Waals surface area contributed by atoms with Crippen molar-refractivity contribution in [2.75, 3.05) is 11.9 Å². The van der Waals surface area contributed by atoms with Crippen LogP contribution in [0.2, 0.25) is 0 Å². The Morgan fingerprint density at radius 3 is 2.73 bits per heavy atom. The van der Waals surface area contributed by atoms with Crippen LogP contribution in [0.15, 0.2) is 23.3 Å². The first-order chi connectivity index (χ1) is 10.6. The molecule has 22 heavy (non-hydrogen) atoms. The van der Waals surface area contributed by atoms with Gasteiger partial charge in [0.2, 0.25) is 11.8 Å². The molecule has 7 heteroatoms. The van der Waals surface area contributed by atoms with Crippen molar-refractivity contribution in [1.82, 2.24) is 5.43 Å². The van der Waals surface area contributed by atoms with Gasteiger partial charge in [0.1, 0.15) is 0 Å². The lowest BCUT2D eigenvalue weighted by Crippen LogP contribution is -2.38. The third-order valence-electron chi connectivity index (χ3n) is 4.41. The number of nitrogens with zero attached hydrogens (tertiary/aromatic N) is 1. The first kappa shape index (κ1) is 13.0. The van der Waals surface area contributed by atoms with E-state index in [-0.39, 0.29) is 18.4 Å². The molecule has 1 unspecified atom stereocenters. The number of fused-ring (bicyclic) bond motifs is 2. The fourth-order valence-electron chi connectivity index (χ4n) is 3.19. The molecule has 2 amide bonds. The van der Waals surface area contributed by atoms with Crippen LogP contribution >= 0.6 is 0 Å². The van der Waals surface area contributed by atoms with E-state index < -0.39 is 11.4 Å². The molecule has 0 aliphatic carbocycles. The van der Waals surface area contributed by atoms with Crippen LogP contribution in [0.5, 0.6) is 0 Å². The van der Waals surface area contributed by atoms with Crippen molar-refractivity contribution in [1.29, 1.82) is 0 Å². The van der Waals surface area contributed by atoms with Crippen LogP contribution in [-0.4, -0.2) is 30.1 Å². The molecule has 0 bridgehead atoms. The topological polar surface area (TPSA) is 96.9 Å². The minimum absolute atomic E-state index is 0.113. The van der Waals surface area contributed by atoms with Crippen LogP contribution in [0.4, 0.5) is 5.69 Å². The number of anilines is 1. The Balaban J connectivity index is 1.80. The van der Waals surface area contributed by atoms with Gasteiger partial charge < -0.3 is 10.1 Å². The highest BCUT2D eigenvalue weighted by atomic mass is 16.5. The zero-order chi connectivity index (χ0) is 15.3. The van der Waals surface area contributed by atoms with Gasteiger partial charge in [0.05, 0.1) is 12.3 Å². The maximum Gasteiger partial charge on any atom is 0.326 e. The number of hydrogen-bond acceptors (Lipinski definition) is 5. The van der Waals surface area contributed by atoms with E-state index in [1.165, 1.54) is 0 Å². The second kappa shape index (κ2) is 4.40. The van der Waals surface area contributed by atoms with Crippen molar-refractivity contribution >= 4 is 29.2 Å². The number of hydrazone groups is 1. The van der Waals surface area contributed by atoms with Gasteiger partial charge in [0, 0.05) is 30.5 Å². The quantitative estimate of drug-likeness (QED) is 0.581. The highest BCUT2D eigenvalue weighted by Gasteiger charge is 2.57. The van der Waals surface area contributed by atoms with E-state index in [0.717, 1.165) is 11.3 Å². The maximum absolute atomic E-state index is 12.3. The molecule has 3 aliphatic rings. The van der Waals surface area contributed by atoms with Crippen molar-refractivity contribution in [2.24, 2.45) is 5.10 Å². The van der Waals surface area contributed by atoms with E-state index in [4.69, 9.17) is 4.74 Å². The molecule has 0 radical (unpaired) electrons. The number of benzene rings is 1. The van der Waals surface area contributed by atoms with Gasteiger partial charge in [-0.25, -0.2) is 5.43 Å². The lowest BCUT2D eigenvalue weighted by atomic mass is 9.79. The third kappa shape index (κ3) is 1.62. The monoisotopic (exact) mass is 299 g/mol. The molecule has 3 aliphatic heterocycles. The molecule has 1 saturated heterocycles. The molecule has 1 fully saturated rings. The van der Waals surface area contributed by atoms with Gasteiger partial charge in [-0.1, -0.05) is 6.07 Å².